The van der Waals surface area contributed by atoms with Gasteiger partial charge in [-0.2, -0.15) is 0 Å². The third kappa shape index (κ3) is 5.62. The van der Waals surface area contributed by atoms with Crippen molar-refractivity contribution in [2.24, 2.45) is 28.6 Å². The van der Waals surface area contributed by atoms with Gasteiger partial charge in [0.1, 0.15) is 5.76 Å². The van der Waals surface area contributed by atoms with E-state index in [1.165, 1.54) is 17.2 Å². The smallest absolute Gasteiger partial charge is 0.169 e. The maximum absolute atomic E-state index is 14.0. The zero-order valence-electron chi connectivity index (χ0n) is 23.2. The van der Waals surface area contributed by atoms with Gasteiger partial charge in [-0.3, -0.25) is 14.4 Å². The first kappa shape index (κ1) is 29.0. The van der Waals surface area contributed by atoms with Gasteiger partial charge in [0, 0.05) is 12.0 Å². The summed E-state index contributed by atoms with van der Waals surface area (Å²) in [6.07, 6.45) is 12.8. The van der Waals surface area contributed by atoms with Crippen LogP contribution in [-0.4, -0.2) is 22.5 Å². The maximum Gasteiger partial charge on any atom is 0.169 e. The molecule has 0 aromatic rings. The molecule has 0 saturated heterocycles. The fourth-order valence-corrected chi connectivity index (χ4v) is 6.03. The second kappa shape index (κ2) is 11.7. The Hall–Kier alpha value is -2.23. The standard InChI is InChI=1S/C31H46O4/c1-9-23(7)28(34)31-27(33)19-26(32)25(29(31)35)18-24(16-15-21(4)5)30(31,8)17-11-14-22(6)13-10-12-20(2)3/h12,14-15,19,23-25,33H,9-11,13,16-18H2,1-8H3/b22-14+/t23?,24-,25?,30+,31?/m0/s1. The summed E-state index contributed by atoms with van der Waals surface area (Å²) >= 11 is 0. The molecule has 0 spiro atoms. The first-order chi connectivity index (χ1) is 16.3. The number of rotatable bonds is 11. The van der Waals surface area contributed by atoms with Gasteiger partial charge in [-0.1, -0.05) is 55.7 Å². The van der Waals surface area contributed by atoms with Gasteiger partial charge in [0.15, 0.2) is 22.8 Å². The number of aliphatic hydroxyl groups is 1. The molecule has 2 aliphatic carbocycles. The number of aliphatic hydroxyl groups excluding tert-OH is 1. The number of ketones is 3. The molecule has 0 aliphatic heterocycles. The third-order valence-corrected chi connectivity index (χ3v) is 8.46. The molecule has 4 heteroatoms. The Balaban J connectivity index is 2.58. The third-order valence-electron chi connectivity index (χ3n) is 8.46. The number of carbonyl (C=O) groups excluding carboxylic acids is 3. The maximum atomic E-state index is 14.0. The summed E-state index contributed by atoms with van der Waals surface area (Å²) < 4.78 is 0. The Bertz CT molecular complexity index is 954. The topological polar surface area (TPSA) is 71.4 Å². The molecule has 2 aliphatic rings. The monoisotopic (exact) mass is 482 g/mol. The second-order valence-corrected chi connectivity index (χ2v) is 11.5. The predicted molar refractivity (Wildman–Crippen MR) is 143 cm³/mol. The Morgan fingerprint density at radius 3 is 2.29 bits per heavy atom. The molecular formula is C31H46O4. The van der Waals surface area contributed by atoms with Crippen molar-refractivity contribution in [1.29, 1.82) is 0 Å². The number of carbonyl (C=O) groups is 3. The Morgan fingerprint density at radius 1 is 1.09 bits per heavy atom. The van der Waals surface area contributed by atoms with E-state index in [-0.39, 0.29) is 34.9 Å². The van der Waals surface area contributed by atoms with Crippen LogP contribution in [0.3, 0.4) is 0 Å². The van der Waals surface area contributed by atoms with Crippen LogP contribution >= 0.6 is 0 Å². The van der Waals surface area contributed by atoms with E-state index in [0.717, 1.165) is 24.8 Å². The molecule has 0 aromatic carbocycles. The van der Waals surface area contributed by atoms with Gasteiger partial charge >= 0.3 is 0 Å². The minimum atomic E-state index is -1.65. The van der Waals surface area contributed by atoms with Crippen LogP contribution in [0, 0.1) is 28.6 Å². The van der Waals surface area contributed by atoms with Crippen LogP contribution in [0.1, 0.15) is 100 Å². The van der Waals surface area contributed by atoms with E-state index in [1.54, 1.807) is 0 Å². The van der Waals surface area contributed by atoms with Crippen LogP contribution < -0.4 is 0 Å². The highest BCUT2D eigenvalue weighted by molar-refractivity contribution is 6.23. The molecule has 1 N–H and O–H groups in total. The van der Waals surface area contributed by atoms with Crippen molar-refractivity contribution in [3.05, 3.63) is 46.8 Å². The fourth-order valence-electron chi connectivity index (χ4n) is 6.03. The summed E-state index contributed by atoms with van der Waals surface area (Å²) in [5, 5.41) is 11.3. The van der Waals surface area contributed by atoms with Gasteiger partial charge in [-0.25, -0.2) is 0 Å². The zero-order valence-corrected chi connectivity index (χ0v) is 23.2. The van der Waals surface area contributed by atoms with Gasteiger partial charge in [0.2, 0.25) is 0 Å². The zero-order chi connectivity index (χ0) is 26.6. The number of fused-ring (bicyclic) bond motifs is 2. The summed E-state index contributed by atoms with van der Waals surface area (Å²) in [7, 11) is 0. The van der Waals surface area contributed by atoms with Gasteiger partial charge in [-0.05, 0) is 90.9 Å². The average molecular weight is 483 g/mol. The highest BCUT2D eigenvalue weighted by Gasteiger charge is 2.70. The van der Waals surface area contributed by atoms with Crippen molar-refractivity contribution in [2.45, 2.75) is 100 Å². The van der Waals surface area contributed by atoms with E-state index in [2.05, 4.69) is 39.0 Å². The van der Waals surface area contributed by atoms with E-state index >= 15 is 0 Å². The predicted octanol–water partition coefficient (Wildman–Crippen LogP) is 7.65. The van der Waals surface area contributed by atoms with E-state index in [0.29, 0.717) is 25.7 Å². The van der Waals surface area contributed by atoms with E-state index in [4.69, 9.17) is 0 Å². The van der Waals surface area contributed by atoms with Gasteiger partial charge in [-0.15, -0.1) is 0 Å². The highest BCUT2D eigenvalue weighted by atomic mass is 16.3. The molecule has 2 rings (SSSR count). The molecule has 0 amide bonds. The normalized spacial score (nSPS) is 29.4. The first-order valence-corrected chi connectivity index (χ1v) is 13.3. The van der Waals surface area contributed by atoms with Crippen molar-refractivity contribution < 1.29 is 19.5 Å². The van der Waals surface area contributed by atoms with Gasteiger partial charge < -0.3 is 5.11 Å². The van der Waals surface area contributed by atoms with E-state index < -0.39 is 16.7 Å². The lowest BCUT2D eigenvalue weighted by Crippen LogP contribution is -2.65. The van der Waals surface area contributed by atoms with Crippen molar-refractivity contribution in [3.63, 3.8) is 0 Å². The molecule has 194 valence electrons. The molecule has 0 radical (unpaired) electrons. The number of allylic oxidation sites excluding steroid dienone is 8. The molecule has 3 unspecified atom stereocenters. The molecule has 0 heterocycles. The minimum Gasteiger partial charge on any atom is -0.511 e. The number of Topliss-reactive ketones (excluding diaryl/α,β-unsaturated/α-hetero) is 2. The average Bonchev–Trinajstić information content (AvgIpc) is 2.76. The van der Waals surface area contributed by atoms with Crippen LogP contribution in [0.15, 0.2) is 46.8 Å². The largest absolute Gasteiger partial charge is 0.511 e. The SMILES string of the molecule is CCC(C)C(=O)C12C(=O)C(C[C@H](CC=C(C)C)[C@@]1(C)CC/C=C(\C)CCC=C(C)C)C(=O)C=C2O. The van der Waals surface area contributed by atoms with Crippen LogP contribution in [0.2, 0.25) is 0 Å². The summed E-state index contributed by atoms with van der Waals surface area (Å²) in [5.74, 6) is -2.60. The fraction of sp³-hybridized carbons (Fsp3) is 0.645. The quantitative estimate of drug-likeness (QED) is 0.242. The molecular weight excluding hydrogens is 436 g/mol. The van der Waals surface area contributed by atoms with Crippen molar-refractivity contribution in [1.82, 2.24) is 0 Å². The Labute approximate surface area is 212 Å². The van der Waals surface area contributed by atoms with Crippen molar-refractivity contribution in [2.75, 3.05) is 0 Å². The Kier molecular flexibility index (Phi) is 9.67. The summed E-state index contributed by atoms with van der Waals surface area (Å²) in [4.78, 5) is 40.7. The summed E-state index contributed by atoms with van der Waals surface area (Å²) in [6.45, 7) is 16.2. The van der Waals surface area contributed by atoms with Crippen molar-refractivity contribution in [3.8, 4) is 0 Å². The van der Waals surface area contributed by atoms with Crippen molar-refractivity contribution >= 4 is 17.3 Å². The van der Waals surface area contributed by atoms with E-state index in [9.17, 15) is 19.5 Å². The van der Waals surface area contributed by atoms with Crippen LogP contribution in [0.25, 0.3) is 0 Å². The molecule has 4 nitrogen and oxygen atoms in total. The molecule has 35 heavy (non-hydrogen) atoms. The minimum absolute atomic E-state index is 0.0627. The second-order valence-electron chi connectivity index (χ2n) is 11.5. The van der Waals surface area contributed by atoms with Gasteiger partial charge in [0.05, 0.1) is 5.92 Å². The molecule has 0 aromatic heterocycles. The number of hydrogen-bond donors (Lipinski definition) is 1. The number of hydrogen-bond acceptors (Lipinski definition) is 4. The lowest BCUT2D eigenvalue weighted by atomic mass is 9.43. The highest BCUT2D eigenvalue weighted by Crippen LogP contribution is 2.62. The lowest BCUT2D eigenvalue weighted by Gasteiger charge is -2.57. The van der Waals surface area contributed by atoms with Crippen LogP contribution in [-0.2, 0) is 14.4 Å². The first-order valence-electron chi connectivity index (χ1n) is 13.3. The molecule has 1 saturated carbocycles. The van der Waals surface area contributed by atoms with Crippen LogP contribution in [0.5, 0.6) is 0 Å². The van der Waals surface area contributed by atoms with E-state index in [1.807, 2.05) is 34.6 Å². The molecule has 2 bridgehead atoms. The lowest BCUT2D eigenvalue weighted by molar-refractivity contribution is -0.169. The van der Waals surface area contributed by atoms with Crippen LogP contribution in [0.4, 0.5) is 0 Å². The molecule has 5 atom stereocenters. The Morgan fingerprint density at radius 2 is 1.71 bits per heavy atom. The summed E-state index contributed by atoms with van der Waals surface area (Å²) in [5.41, 5.74) is 1.32. The van der Waals surface area contributed by atoms with Gasteiger partial charge in [0.25, 0.3) is 0 Å². The molecule has 1 fully saturated rings. The summed E-state index contributed by atoms with van der Waals surface area (Å²) in [6, 6.07) is 0.